The van der Waals surface area contributed by atoms with Gasteiger partial charge >= 0.3 is 0 Å². The van der Waals surface area contributed by atoms with Gasteiger partial charge in [-0.1, -0.05) is 12.2 Å². The lowest BCUT2D eigenvalue weighted by Crippen LogP contribution is -2.49. The fourth-order valence-corrected chi connectivity index (χ4v) is 2.85. The molecule has 0 aromatic carbocycles. The molecule has 0 saturated carbocycles. The number of nitrogens with zero attached hydrogens (tertiary/aromatic N) is 1. The van der Waals surface area contributed by atoms with Crippen molar-refractivity contribution in [2.45, 2.75) is 51.6 Å². The highest BCUT2D eigenvalue weighted by molar-refractivity contribution is 7.90. The van der Waals surface area contributed by atoms with Gasteiger partial charge in [0.05, 0.1) is 5.75 Å². The van der Waals surface area contributed by atoms with Crippen molar-refractivity contribution >= 4 is 9.84 Å². The molecule has 3 nitrogen and oxygen atoms in total. The maximum Gasteiger partial charge on any atom is 0.148 e. The first-order valence-electron chi connectivity index (χ1n) is 6.31. The minimum atomic E-state index is -2.88. The highest BCUT2D eigenvalue weighted by Gasteiger charge is 2.28. The predicted molar refractivity (Wildman–Crippen MR) is 72.9 cm³/mol. The Morgan fingerprint density at radius 1 is 1.35 bits per heavy atom. The fraction of sp³-hybridized carbons (Fsp3) is 0.846. The van der Waals surface area contributed by atoms with Crippen LogP contribution in [0.25, 0.3) is 0 Å². The number of rotatable bonds is 4. The third-order valence-electron chi connectivity index (χ3n) is 3.19. The molecule has 1 aliphatic rings. The van der Waals surface area contributed by atoms with Gasteiger partial charge in [-0.25, -0.2) is 8.42 Å². The largest absolute Gasteiger partial charge is 0.291 e. The third kappa shape index (κ3) is 5.21. The van der Waals surface area contributed by atoms with Crippen LogP contribution in [0, 0.1) is 0 Å². The quantitative estimate of drug-likeness (QED) is 0.727. The van der Waals surface area contributed by atoms with Crippen molar-refractivity contribution in [2.75, 3.05) is 18.6 Å². The van der Waals surface area contributed by atoms with Crippen molar-refractivity contribution in [1.82, 2.24) is 4.90 Å². The van der Waals surface area contributed by atoms with E-state index >= 15 is 0 Å². The molecule has 0 aromatic rings. The van der Waals surface area contributed by atoms with Crippen LogP contribution in [0.15, 0.2) is 12.2 Å². The van der Waals surface area contributed by atoms with Gasteiger partial charge in [0.2, 0.25) is 0 Å². The maximum absolute atomic E-state index is 11.3. The topological polar surface area (TPSA) is 37.4 Å². The molecule has 1 unspecified atom stereocenters. The zero-order chi connectivity index (χ0) is 13.1. The van der Waals surface area contributed by atoms with E-state index in [1.807, 2.05) is 0 Å². The van der Waals surface area contributed by atoms with Crippen molar-refractivity contribution in [3.8, 4) is 0 Å². The van der Waals surface area contributed by atoms with E-state index in [0.717, 1.165) is 12.8 Å². The first-order valence-corrected chi connectivity index (χ1v) is 8.37. The predicted octanol–water partition coefficient (Wildman–Crippen LogP) is 2.24. The zero-order valence-corrected chi connectivity index (χ0v) is 12.3. The lowest BCUT2D eigenvalue weighted by Gasteiger charge is -2.41. The molecule has 0 spiro atoms. The summed E-state index contributed by atoms with van der Waals surface area (Å²) in [5, 5.41) is 0. The van der Waals surface area contributed by atoms with Gasteiger partial charge < -0.3 is 0 Å². The first kappa shape index (κ1) is 14.7. The maximum atomic E-state index is 11.3. The summed E-state index contributed by atoms with van der Waals surface area (Å²) in [6.07, 6.45) is 9.25. The molecule has 0 aliphatic heterocycles. The number of allylic oxidation sites excluding steroid dienone is 1. The third-order valence-corrected chi connectivity index (χ3v) is 4.12. The summed E-state index contributed by atoms with van der Waals surface area (Å²) in [6.45, 7) is 7.07. The number of sulfone groups is 1. The van der Waals surface area contributed by atoms with Crippen LogP contribution < -0.4 is 0 Å². The van der Waals surface area contributed by atoms with Crippen LogP contribution in [-0.4, -0.2) is 43.5 Å². The van der Waals surface area contributed by atoms with E-state index in [0.29, 0.717) is 12.6 Å². The molecule has 0 saturated heterocycles. The molecule has 0 amide bonds. The van der Waals surface area contributed by atoms with Gasteiger partial charge in [-0.2, -0.15) is 0 Å². The number of hydrogen-bond donors (Lipinski definition) is 0. The van der Waals surface area contributed by atoms with Crippen molar-refractivity contribution in [1.29, 1.82) is 0 Å². The minimum Gasteiger partial charge on any atom is -0.291 e. The van der Waals surface area contributed by atoms with E-state index in [2.05, 4.69) is 37.8 Å². The Balaban J connectivity index is 2.74. The second kappa shape index (κ2) is 5.53. The SMILES string of the molecule is CC(C)(C)N(CCS(C)(=O)=O)C1C=CCCC1. The van der Waals surface area contributed by atoms with Crippen LogP contribution in [0.2, 0.25) is 0 Å². The van der Waals surface area contributed by atoms with Crippen LogP contribution in [0.1, 0.15) is 40.0 Å². The van der Waals surface area contributed by atoms with Crippen molar-refractivity contribution in [3.05, 3.63) is 12.2 Å². The summed E-state index contributed by atoms with van der Waals surface area (Å²) in [6, 6.07) is 0.394. The van der Waals surface area contributed by atoms with Gasteiger partial charge in [-0.15, -0.1) is 0 Å². The summed E-state index contributed by atoms with van der Waals surface area (Å²) < 4.78 is 22.6. The lowest BCUT2D eigenvalue weighted by atomic mass is 9.96. The van der Waals surface area contributed by atoms with Gasteiger partial charge in [-0.3, -0.25) is 4.90 Å². The highest BCUT2D eigenvalue weighted by Crippen LogP contribution is 2.24. The molecule has 100 valence electrons. The highest BCUT2D eigenvalue weighted by atomic mass is 32.2. The minimum absolute atomic E-state index is 0.0109. The van der Waals surface area contributed by atoms with E-state index in [9.17, 15) is 8.42 Å². The van der Waals surface area contributed by atoms with Crippen LogP contribution >= 0.6 is 0 Å². The summed E-state index contributed by atoms with van der Waals surface area (Å²) in [4.78, 5) is 2.31. The van der Waals surface area contributed by atoms with Crippen LogP contribution in [0.3, 0.4) is 0 Å². The second-order valence-corrected chi connectivity index (χ2v) is 8.18. The molecule has 1 atom stereocenters. The van der Waals surface area contributed by atoms with E-state index < -0.39 is 9.84 Å². The van der Waals surface area contributed by atoms with Gasteiger partial charge in [0, 0.05) is 24.4 Å². The summed E-state index contributed by atoms with van der Waals surface area (Å²) in [5.41, 5.74) is 0.0109. The van der Waals surface area contributed by atoms with Gasteiger partial charge in [0.25, 0.3) is 0 Å². The average molecular weight is 259 g/mol. The molecule has 0 aromatic heterocycles. The van der Waals surface area contributed by atoms with Crippen LogP contribution in [0.5, 0.6) is 0 Å². The fourth-order valence-electron chi connectivity index (χ4n) is 2.32. The van der Waals surface area contributed by atoms with E-state index in [1.54, 1.807) is 0 Å². The Labute approximate surface area is 106 Å². The molecular formula is C13H25NO2S. The van der Waals surface area contributed by atoms with Crippen LogP contribution in [-0.2, 0) is 9.84 Å². The average Bonchev–Trinajstić information content (AvgIpc) is 2.15. The van der Waals surface area contributed by atoms with E-state index in [4.69, 9.17) is 0 Å². The molecule has 0 fully saturated rings. The number of hydrogen-bond acceptors (Lipinski definition) is 3. The zero-order valence-electron chi connectivity index (χ0n) is 11.4. The van der Waals surface area contributed by atoms with Gasteiger partial charge in [-0.05, 0) is 40.0 Å². The van der Waals surface area contributed by atoms with Crippen LogP contribution in [0.4, 0.5) is 0 Å². The second-order valence-electron chi connectivity index (χ2n) is 5.92. The van der Waals surface area contributed by atoms with Gasteiger partial charge in [0.1, 0.15) is 9.84 Å². The molecule has 0 bridgehead atoms. The summed E-state index contributed by atoms with van der Waals surface area (Å²) in [7, 11) is -2.88. The molecule has 0 N–H and O–H groups in total. The summed E-state index contributed by atoms with van der Waals surface area (Å²) >= 11 is 0. The Kier molecular flexibility index (Phi) is 4.78. The molecule has 4 heteroatoms. The van der Waals surface area contributed by atoms with Crippen molar-refractivity contribution < 1.29 is 8.42 Å². The monoisotopic (exact) mass is 259 g/mol. The molecule has 17 heavy (non-hydrogen) atoms. The first-order chi connectivity index (χ1) is 7.70. The van der Waals surface area contributed by atoms with Crippen molar-refractivity contribution in [2.24, 2.45) is 0 Å². The van der Waals surface area contributed by atoms with E-state index in [-0.39, 0.29) is 11.3 Å². The lowest BCUT2D eigenvalue weighted by molar-refractivity contribution is 0.104. The Hall–Kier alpha value is -0.350. The Bertz CT molecular complexity index is 365. The molecular weight excluding hydrogens is 234 g/mol. The van der Waals surface area contributed by atoms with E-state index in [1.165, 1.54) is 12.7 Å². The summed E-state index contributed by atoms with van der Waals surface area (Å²) in [5.74, 6) is 0.245. The van der Waals surface area contributed by atoms with Crippen molar-refractivity contribution in [3.63, 3.8) is 0 Å². The Morgan fingerprint density at radius 3 is 2.41 bits per heavy atom. The smallest absolute Gasteiger partial charge is 0.148 e. The molecule has 1 aliphatic carbocycles. The Morgan fingerprint density at radius 2 is 2.00 bits per heavy atom. The molecule has 0 radical (unpaired) electrons. The molecule has 0 heterocycles. The normalized spacial score (nSPS) is 22.1. The van der Waals surface area contributed by atoms with Gasteiger partial charge in [0.15, 0.2) is 0 Å². The standard InChI is InChI=1S/C13H25NO2S/c1-13(2,3)14(10-11-17(4,15)16)12-8-6-5-7-9-12/h6,8,12H,5,7,9-11H2,1-4H3. The molecule has 1 rings (SSSR count).